The molecule has 1 saturated heterocycles. The van der Waals surface area contributed by atoms with Crippen LogP contribution in [0.25, 0.3) is 11.0 Å². The van der Waals surface area contributed by atoms with E-state index in [0.29, 0.717) is 11.3 Å². The third-order valence-corrected chi connectivity index (χ3v) is 3.67. The largest absolute Gasteiger partial charge is 0.462 e. The Kier molecular flexibility index (Phi) is 3.88. The molecule has 4 atom stereocenters. The predicted octanol–water partition coefficient (Wildman–Crippen LogP) is -0.0808. The molecule has 3 N–H and O–H groups in total. The number of hydrogen-bond donors (Lipinski definition) is 3. The Bertz CT molecular complexity index is 738. The van der Waals surface area contributed by atoms with E-state index in [2.05, 4.69) is 0 Å². The van der Waals surface area contributed by atoms with E-state index in [-0.39, 0.29) is 0 Å². The highest BCUT2D eigenvalue weighted by Crippen LogP contribution is 2.27. The van der Waals surface area contributed by atoms with Gasteiger partial charge in [-0.1, -0.05) is 0 Å². The van der Waals surface area contributed by atoms with Crippen LogP contribution in [0.2, 0.25) is 0 Å². The number of aryl methyl sites for hydroxylation is 1. The summed E-state index contributed by atoms with van der Waals surface area (Å²) >= 11 is 0. The molecule has 0 spiro atoms. The minimum atomic E-state index is -1.28. The molecule has 0 saturated carbocycles. The van der Waals surface area contributed by atoms with Crippen molar-refractivity contribution in [2.24, 2.45) is 0 Å². The highest BCUT2D eigenvalue weighted by Gasteiger charge is 2.43. The van der Waals surface area contributed by atoms with E-state index in [1.54, 1.807) is 19.1 Å². The Morgan fingerprint density at radius 3 is 2.68 bits per heavy atom. The van der Waals surface area contributed by atoms with Crippen molar-refractivity contribution in [3.63, 3.8) is 0 Å². The summed E-state index contributed by atoms with van der Waals surface area (Å²) in [6.07, 6.45) is -4.52. The Hall–Kier alpha value is -1.93. The summed E-state index contributed by atoms with van der Waals surface area (Å²) in [6, 6.07) is 6.28. The van der Waals surface area contributed by atoms with Gasteiger partial charge in [-0.2, -0.15) is 0 Å². The number of aliphatic hydroxyl groups is 3. The first-order valence-electron chi connectivity index (χ1n) is 6.83. The Morgan fingerprint density at radius 1 is 1.23 bits per heavy atom. The van der Waals surface area contributed by atoms with Gasteiger partial charge in [0.1, 0.15) is 29.6 Å². The zero-order valence-corrected chi connectivity index (χ0v) is 11.8. The van der Waals surface area contributed by atoms with Gasteiger partial charge in [-0.15, -0.1) is 0 Å². The summed E-state index contributed by atoms with van der Waals surface area (Å²) < 4.78 is 15.8. The maximum absolute atomic E-state index is 11.4. The summed E-state index contributed by atoms with van der Waals surface area (Å²) in [4.78, 5) is 11.4. The van der Waals surface area contributed by atoms with Crippen LogP contribution >= 0.6 is 0 Å². The van der Waals surface area contributed by atoms with Crippen LogP contribution in [0.3, 0.4) is 0 Å². The molecule has 0 bridgehead atoms. The molecule has 1 aromatic heterocycles. The second-order valence-electron chi connectivity index (χ2n) is 5.23. The number of rotatable bonds is 3. The van der Waals surface area contributed by atoms with E-state index in [9.17, 15) is 15.0 Å². The normalized spacial score (nSPS) is 28.2. The summed E-state index contributed by atoms with van der Waals surface area (Å²) in [6.45, 7) is 1.37. The van der Waals surface area contributed by atoms with Crippen LogP contribution in [0.4, 0.5) is 0 Å². The minimum Gasteiger partial charge on any atom is -0.462 e. The second-order valence-corrected chi connectivity index (χ2v) is 5.23. The van der Waals surface area contributed by atoms with Crippen molar-refractivity contribution >= 4 is 11.0 Å². The zero-order chi connectivity index (χ0) is 15.9. The monoisotopic (exact) mass is 308 g/mol. The molecule has 0 unspecified atom stereocenters. The lowest BCUT2D eigenvalue weighted by molar-refractivity contribution is -0.116. The highest BCUT2D eigenvalue weighted by atomic mass is 16.7. The highest BCUT2D eigenvalue weighted by molar-refractivity contribution is 5.81. The molecule has 0 aliphatic carbocycles. The van der Waals surface area contributed by atoms with Crippen LogP contribution in [0.1, 0.15) is 5.56 Å². The zero-order valence-electron chi connectivity index (χ0n) is 11.8. The molecule has 118 valence electrons. The van der Waals surface area contributed by atoms with E-state index >= 15 is 0 Å². The summed E-state index contributed by atoms with van der Waals surface area (Å²) in [5.41, 5.74) is 0.676. The number of ether oxygens (including phenoxy) is 2. The van der Waals surface area contributed by atoms with Crippen molar-refractivity contribution in [3.8, 4) is 5.75 Å². The molecule has 0 amide bonds. The molecule has 1 aliphatic rings. The lowest BCUT2D eigenvalue weighted by Gasteiger charge is -2.17. The van der Waals surface area contributed by atoms with Gasteiger partial charge in [0.05, 0.1) is 6.61 Å². The smallest absolute Gasteiger partial charge is 0.336 e. The first-order valence-corrected chi connectivity index (χ1v) is 6.83. The summed E-state index contributed by atoms with van der Waals surface area (Å²) in [5.74, 6) is 0.316. The molecule has 7 nitrogen and oxygen atoms in total. The van der Waals surface area contributed by atoms with Crippen molar-refractivity contribution in [1.82, 2.24) is 0 Å². The van der Waals surface area contributed by atoms with Crippen LogP contribution in [-0.4, -0.2) is 46.5 Å². The lowest BCUT2D eigenvalue weighted by Crippen LogP contribution is -2.35. The van der Waals surface area contributed by atoms with Gasteiger partial charge in [-0.25, -0.2) is 4.79 Å². The molecule has 3 rings (SSSR count). The predicted molar refractivity (Wildman–Crippen MR) is 75.6 cm³/mol. The van der Waals surface area contributed by atoms with Crippen LogP contribution in [0.5, 0.6) is 5.75 Å². The lowest BCUT2D eigenvalue weighted by atomic mass is 10.1. The molecule has 2 heterocycles. The Labute approximate surface area is 125 Å². The summed E-state index contributed by atoms with van der Waals surface area (Å²) in [7, 11) is 0. The van der Waals surface area contributed by atoms with Gasteiger partial charge in [0, 0.05) is 17.5 Å². The summed E-state index contributed by atoms with van der Waals surface area (Å²) in [5, 5.41) is 29.3. The first-order chi connectivity index (χ1) is 10.5. The van der Waals surface area contributed by atoms with Crippen molar-refractivity contribution < 1.29 is 29.2 Å². The van der Waals surface area contributed by atoms with Gasteiger partial charge in [-0.05, 0) is 24.6 Å². The average Bonchev–Trinajstić information content (AvgIpc) is 2.74. The van der Waals surface area contributed by atoms with Crippen molar-refractivity contribution in [2.45, 2.75) is 31.5 Å². The van der Waals surface area contributed by atoms with E-state index in [1.165, 1.54) is 12.1 Å². The maximum atomic E-state index is 11.4. The maximum Gasteiger partial charge on any atom is 0.336 e. The molecular formula is C15H16O7. The van der Waals surface area contributed by atoms with Gasteiger partial charge in [0.25, 0.3) is 0 Å². The fraction of sp³-hybridized carbons (Fsp3) is 0.400. The molecule has 7 heteroatoms. The van der Waals surface area contributed by atoms with E-state index in [1.807, 2.05) is 0 Å². The molecular weight excluding hydrogens is 292 g/mol. The Morgan fingerprint density at radius 2 is 2.00 bits per heavy atom. The Balaban J connectivity index is 1.87. The molecule has 1 aromatic carbocycles. The fourth-order valence-electron chi connectivity index (χ4n) is 2.48. The molecule has 2 aromatic rings. The number of fused-ring (bicyclic) bond motifs is 1. The topological polar surface area (TPSA) is 109 Å². The second kappa shape index (κ2) is 5.69. The van der Waals surface area contributed by atoms with Crippen LogP contribution < -0.4 is 10.4 Å². The molecule has 1 aliphatic heterocycles. The van der Waals surface area contributed by atoms with Gasteiger partial charge in [-0.3, -0.25) is 0 Å². The fourth-order valence-corrected chi connectivity index (χ4v) is 2.48. The van der Waals surface area contributed by atoms with Gasteiger partial charge >= 0.3 is 5.63 Å². The third kappa shape index (κ3) is 2.59. The molecule has 1 fully saturated rings. The molecule has 0 radical (unpaired) electrons. The first kappa shape index (κ1) is 15.0. The quantitative estimate of drug-likeness (QED) is 0.680. The van der Waals surface area contributed by atoms with Crippen molar-refractivity contribution in [1.29, 1.82) is 0 Å². The van der Waals surface area contributed by atoms with E-state index < -0.39 is 36.8 Å². The van der Waals surface area contributed by atoms with Crippen LogP contribution in [0.15, 0.2) is 33.5 Å². The number of hydrogen-bond acceptors (Lipinski definition) is 7. The van der Waals surface area contributed by atoms with Gasteiger partial charge in [0.15, 0.2) is 0 Å². The van der Waals surface area contributed by atoms with Crippen LogP contribution in [-0.2, 0) is 4.74 Å². The van der Waals surface area contributed by atoms with Crippen molar-refractivity contribution in [3.05, 3.63) is 40.2 Å². The van der Waals surface area contributed by atoms with E-state index in [4.69, 9.17) is 19.0 Å². The standard InChI is InChI=1S/C15H16O7/c1-7-4-12(17)21-10-5-8(2-3-9(7)10)20-15-14(19)13(18)11(6-16)22-15/h2-5,11,13-16,18-19H,6H2,1H3/t11-,13-,14+,15+/m1/s1. The van der Waals surface area contributed by atoms with E-state index in [0.717, 1.165) is 10.9 Å². The number of aliphatic hydroxyl groups excluding tert-OH is 3. The third-order valence-electron chi connectivity index (χ3n) is 3.67. The minimum absolute atomic E-state index is 0.316. The average molecular weight is 308 g/mol. The number of benzene rings is 1. The van der Waals surface area contributed by atoms with Crippen molar-refractivity contribution in [2.75, 3.05) is 6.61 Å². The van der Waals surface area contributed by atoms with Crippen LogP contribution in [0, 0.1) is 6.92 Å². The van der Waals surface area contributed by atoms with Gasteiger partial charge < -0.3 is 29.2 Å². The molecule has 22 heavy (non-hydrogen) atoms. The van der Waals surface area contributed by atoms with Gasteiger partial charge in [0.2, 0.25) is 6.29 Å². The SMILES string of the molecule is Cc1cc(=O)oc2cc(O[C@H]3O[C@H](CO)[C@@H](O)[C@@H]3O)ccc12.